The lowest BCUT2D eigenvalue weighted by atomic mass is 9.75. The molecule has 20 heavy (non-hydrogen) atoms. The molecule has 0 bridgehead atoms. The first-order valence-corrected chi connectivity index (χ1v) is 6.82. The zero-order chi connectivity index (χ0) is 15.3. The second-order valence-electron chi connectivity index (χ2n) is 5.07. The van der Waals surface area contributed by atoms with Crippen LogP contribution in [0.15, 0.2) is 18.2 Å². The van der Waals surface area contributed by atoms with Crippen molar-refractivity contribution in [1.82, 2.24) is 0 Å². The van der Waals surface area contributed by atoms with E-state index in [9.17, 15) is 9.59 Å². The molecule has 0 aliphatic rings. The van der Waals surface area contributed by atoms with Crippen molar-refractivity contribution in [2.75, 3.05) is 7.11 Å². The summed E-state index contributed by atoms with van der Waals surface area (Å²) in [6.07, 6.45) is 1.51. The van der Waals surface area contributed by atoms with Gasteiger partial charge in [-0.05, 0) is 24.1 Å². The molecule has 1 N–H and O–H groups in total. The van der Waals surface area contributed by atoms with E-state index in [4.69, 9.17) is 21.4 Å². The molecule has 1 aromatic carbocycles. The summed E-state index contributed by atoms with van der Waals surface area (Å²) in [5.74, 6) is -1.66. The summed E-state index contributed by atoms with van der Waals surface area (Å²) in [7, 11) is 1.52. The molecule has 0 amide bonds. The summed E-state index contributed by atoms with van der Waals surface area (Å²) in [5, 5.41) is 9.30. The Labute approximate surface area is 123 Å². The summed E-state index contributed by atoms with van der Waals surface area (Å²) in [6, 6.07) is 5.29. The second kappa shape index (κ2) is 6.75. The third kappa shape index (κ3) is 3.73. The molecule has 4 nitrogen and oxygen atoms in total. The highest BCUT2D eigenvalue weighted by atomic mass is 35.5. The third-order valence-electron chi connectivity index (χ3n) is 3.44. The topological polar surface area (TPSA) is 63.6 Å². The van der Waals surface area contributed by atoms with Crippen LogP contribution in [0.3, 0.4) is 0 Å². The van der Waals surface area contributed by atoms with Gasteiger partial charge in [-0.1, -0.05) is 37.9 Å². The molecule has 0 radical (unpaired) electrons. The summed E-state index contributed by atoms with van der Waals surface area (Å²) < 4.78 is 5.18. The molecule has 1 rings (SSSR count). The van der Waals surface area contributed by atoms with Gasteiger partial charge in [-0.3, -0.25) is 4.79 Å². The molecule has 0 aliphatic heterocycles. The Morgan fingerprint density at radius 3 is 2.55 bits per heavy atom. The van der Waals surface area contributed by atoms with Gasteiger partial charge in [0.05, 0.1) is 12.1 Å². The number of carboxylic acids is 1. The average molecular weight is 299 g/mol. The van der Waals surface area contributed by atoms with Crippen molar-refractivity contribution >= 4 is 23.4 Å². The average Bonchev–Trinajstić information content (AvgIpc) is 2.39. The molecule has 0 saturated heterocycles. The maximum atomic E-state index is 11.6. The van der Waals surface area contributed by atoms with Crippen molar-refractivity contribution in [3.8, 4) is 5.75 Å². The van der Waals surface area contributed by atoms with Crippen molar-refractivity contribution in [3.05, 3.63) is 28.8 Å². The SMILES string of the molecule is CCCC(C)(CC(=O)C(=O)O)c1ccc(Cl)c(OC)c1. The minimum Gasteiger partial charge on any atom is -0.495 e. The van der Waals surface area contributed by atoms with E-state index in [-0.39, 0.29) is 6.42 Å². The fraction of sp³-hybridized carbons (Fsp3) is 0.467. The maximum Gasteiger partial charge on any atom is 0.372 e. The first kappa shape index (κ1) is 16.5. The number of hydrogen-bond donors (Lipinski definition) is 1. The van der Waals surface area contributed by atoms with E-state index in [1.807, 2.05) is 19.9 Å². The highest BCUT2D eigenvalue weighted by Crippen LogP contribution is 2.37. The molecular weight excluding hydrogens is 280 g/mol. The van der Waals surface area contributed by atoms with Crippen LogP contribution in [0.25, 0.3) is 0 Å². The lowest BCUT2D eigenvalue weighted by molar-refractivity contribution is -0.149. The largest absolute Gasteiger partial charge is 0.495 e. The second-order valence-corrected chi connectivity index (χ2v) is 5.47. The van der Waals surface area contributed by atoms with Crippen LogP contribution in [0.4, 0.5) is 0 Å². The van der Waals surface area contributed by atoms with Gasteiger partial charge in [0.25, 0.3) is 0 Å². The van der Waals surface area contributed by atoms with Crippen molar-refractivity contribution in [2.45, 2.75) is 38.5 Å². The molecule has 0 aromatic heterocycles. The molecule has 0 spiro atoms. The van der Waals surface area contributed by atoms with Crippen molar-refractivity contribution in [3.63, 3.8) is 0 Å². The lowest BCUT2D eigenvalue weighted by Crippen LogP contribution is -2.29. The number of carbonyl (C=O) groups is 2. The van der Waals surface area contributed by atoms with E-state index in [0.717, 1.165) is 12.0 Å². The Hall–Kier alpha value is -1.55. The smallest absolute Gasteiger partial charge is 0.372 e. The Morgan fingerprint density at radius 1 is 1.40 bits per heavy atom. The van der Waals surface area contributed by atoms with E-state index in [0.29, 0.717) is 17.2 Å². The van der Waals surface area contributed by atoms with Crippen LogP contribution in [0.2, 0.25) is 5.02 Å². The van der Waals surface area contributed by atoms with Gasteiger partial charge >= 0.3 is 5.97 Å². The highest BCUT2D eigenvalue weighted by molar-refractivity contribution is 6.33. The van der Waals surface area contributed by atoms with Crippen molar-refractivity contribution in [1.29, 1.82) is 0 Å². The molecular formula is C15H19ClO4. The van der Waals surface area contributed by atoms with Crippen LogP contribution in [0.5, 0.6) is 5.75 Å². The molecule has 110 valence electrons. The minimum atomic E-state index is -1.40. The molecule has 0 fully saturated rings. The molecule has 0 saturated carbocycles. The van der Waals surface area contributed by atoms with Gasteiger partial charge in [0.2, 0.25) is 5.78 Å². The van der Waals surface area contributed by atoms with Gasteiger partial charge in [0, 0.05) is 11.8 Å². The number of methoxy groups -OCH3 is 1. The van der Waals surface area contributed by atoms with Crippen LogP contribution in [-0.4, -0.2) is 24.0 Å². The zero-order valence-corrected chi connectivity index (χ0v) is 12.7. The predicted octanol–water partition coefficient (Wildman–Crippen LogP) is 3.45. The van der Waals surface area contributed by atoms with Crippen LogP contribution < -0.4 is 4.74 Å². The summed E-state index contributed by atoms with van der Waals surface area (Å²) in [6.45, 7) is 3.89. The number of halogens is 1. The number of Topliss-reactive ketones (excluding diaryl/α,β-unsaturated/α-hetero) is 1. The Kier molecular flexibility index (Phi) is 5.57. The highest BCUT2D eigenvalue weighted by Gasteiger charge is 2.31. The standard InChI is InChI=1S/C15H19ClO4/c1-4-7-15(2,9-12(17)14(18)19)10-5-6-11(16)13(8-10)20-3/h5-6,8H,4,7,9H2,1-3H3,(H,18,19). The number of carboxylic acid groups (broad SMARTS) is 1. The minimum absolute atomic E-state index is 0.0407. The van der Waals surface area contributed by atoms with Gasteiger partial charge in [0.1, 0.15) is 5.75 Å². The lowest BCUT2D eigenvalue weighted by Gasteiger charge is -2.29. The number of aliphatic carboxylic acids is 1. The predicted molar refractivity (Wildman–Crippen MR) is 77.5 cm³/mol. The summed E-state index contributed by atoms with van der Waals surface area (Å²) >= 11 is 5.99. The maximum absolute atomic E-state index is 11.6. The molecule has 1 atom stereocenters. The van der Waals surface area contributed by atoms with Crippen LogP contribution in [0, 0.1) is 0 Å². The van der Waals surface area contributed by atoms with Crippen LogP contribution in [0.1, 0.15) is 38.7 Å². The third-order valence-corrected chi connectivity index (χ3v) is 3.75. The normalized spacial score (nSPS) is 13.6. The van der Waals surface area contributed by atoms with Crippen LogP contribution in [-0.2, 0) is 15.0 Å². The number of carbonyl (C=O) groups excluding carboxylic acids is 1. The van der Waals surface area contributed by atoms with Gasteiger partial charge in [-0.15, -0.1) is 0 Å². The fourth-order valence-corrected chi connectivity index (χ4v) is 2.55. The Morgan fingerprint density at radius 2 is 2.05 bits per heavy atom. The van der Waals surface area contributed by atoms with E-state index in [1.165, 1.54) is 7.11 Å². The van der Waals surface area contributed by atoms with Crippen molar-refractivity contribution in [2.24, 2.45) is 0 Å². The fourth-order valence-electron chi connectivity index (χ4n) is 2.35. The molecule has 1 aromatic rings. The number of ether oxygens (including phenoxy) is 1. The monoisotopic (exact) mass is 298 g/mol. The molecule has 0 heterocycles. The summed E-state index contributed by atoms with van der Waals surface area (Å²) in [4.78, 5) is 22.4. The Bertz CT molecular complexity index is 513. The summed E-state index contributed by atoms with van der Waals surface area (Å²) in [5.41, 5.74) is 0.317. The quantitative estimate of drug-likeness (QED) is 0.783. The Balaban J connectivity index is 3.17. The van der Waals surface area contributed by atoms with E-state index in [2.05, 4.69) is 0 Å². The molecule has 5 heteroatoms. The van der Waals surface area contributed by atoms with E-state index >= 15 is 0 Å². The first-order valence-electron chi connectivity index (χ1n) is 6.44. The number of benzene rings is 1. The van der Waals surface area contributed by atoms with Gasteiger partial charge in [-0.2, -0.15) is 0 Å². The number of hydrogen-bond acceptors (Lipinski definition) is 3. The molecule has 0 aliphatic carbocycles. The van der Waals surface area contributed by atoms with Gasteiger partial charge in [0.15, 0.2) is 0 Å². The zero-order valence-electron chi connectivity index (χ0n) is 11.9. The van der Waals surface area contributed by atoms with Gasteiger partial charge < -0.3 is 9.84 Å². The first-order chi connectivity index (χ1) is 9.34. The van der Waals surface area contributed by atoms with E-state index < -0.39 is 17.2 Å². The van der Waals surface area contributed by atoms with E-state index in [1.54, 1.807) is 12.1 Å². The number of ketones is 1. The van der Waals surface area contributed by atoms with Crippen molar-refractivity contribution < 1.29 is 19.4 Å². The van der Waals surface area contributed by atoms with Crippen LogP contribution >= 0.6 is 11.6 Å². The molecule has 1 unspecified atom stereocenters. The number of rotatable bonds is 7. The van der Waals surface area contributed by atoms with Gasteiger partial charge in [-0.25, -0.2) is 4.79 Å².